The van der Waals surface area contributed by atoms with Crippen molar-refractivity contribution in [1.29, 1.82) is 0 Å². The predicted molar refractivity (Wildman–Crippen MR) is 50.0 cm³/mol. The number of alkyl halides is 3. The molecule has 0 fully saturated rings. The highest BCUT2D eigenvalue weighted by Gasteiger charge is 2.34. The van der Waals surface area contributed by atoms with Gasteiger partial charge in [-0.15, -0.1) is 0 Å². The van der Waals surface area contributed by atoms with Gasteiger partial charge in [0, 0.05) is 0 Å². The zero-order chi connectivity index (χ0) is 12.3. The van der Waals surface area contributed by atoms with E-state index in [1.165, 1.54) is 0 Å². The molecule has 16 heavy (non-hydrogen) atoms. The maximum atomic E-state index is 13.1. The Balaban J connectivity index is 3.00. The second kappa shape index (κ2) is 4.80. The molecule has 0 radical (unpaired) electrons. The zero-order valence-corrected chi connectivity index (χ0v) is 8.26. The molecular weight excluding hydrogens is 226 g/mol. The average molecular weight is 237 g/mol. The summed E-state index contributed by atoms with van der Waals surface area (Å²) in [5.41, 5.74) is 3.93. The monoisotopic (exact) mass is 237 g/mol. The summed E-state index contributed by atoms with van der Waals surface area (Å²) < 4.78 is 49.7. The third kappa shape index (κ3) is 2.93. The molecule has 1 rings (SSSR count). The molecule has 0 aliphatic carbocycles. The Morgan fingerprint density at radius 1 is 1.31 bits per heavy atom. The largest absolute Gasteiger partial charge is 0.419 e. The van der Waals surface area contributed by atoms with Gasteiger partial charge in [0.2, 0.25) is 0 Å². The Labute approximate surface area is 89.7 Å². The molecule has 0 spiro atoms. The smallest absolute Gasteiger partial charge is 0.388 e. The normalized spacial score (nSPS) is 13.9. The first-order valence-electron chi connectivity index (χ1n) is 4.61. The summed E-state index contributed by atoms with van der Waals surface area (Å²) in [5, 5.41) is 9.41. The van der Waals surface area contributed by atoms with E-state index >= 15 is 0 Å². The number of rotatable bonds is 3. The van der Waals surface area contributed by atoms with Crippen molar-refractivity contribution in [2.24, 2.45) is 5.73 Å². The Morgan fingerprint density at radius 3 is 2.38 bits per heavy atom. The van der Waals surface area contributed by atoms with Gasteiger partial charge in [-0.25, -0.2) is 4.39 Å². The van der Waals surface area contributed by atoms with Gasteiger partial charge in [0.15, 0.2) is 0 Å². The van der Waals surface area contributed by atoms with Crippen molar-refractivity contribution in [2.75, 3.05) is 6.54 Å². The minimum Gasteiger partial charge on any atom is -0.388 e. The highest BCUT2D eigenvalue weighted by molar-refractivity contribution is 5.27. The Kier molecular flexibility index (Phi) is 3.88. The molecule has 0 heterocycles. The summed E-state index contributed by atoms with van der Waals surface area (Å²) in [6.45, 7) is 0.170. The Bertz CT molecular complexity index is 364. The number of aliphatic hydroxyl groups is 1. The van der Waals surface area contributed by atoms with Crippen molar-refractivity contribution >= 4 is 0 Å². The molecule has 3 N–H and O–H groups in total. The lowest BCUT2D eigenvalue weighted by atomic mass is 10.0. The molecule has 0 unspecified atom stereocenters. The first-order chi connectivity index (χ1) is 7.36. The first-order valence-corrected chi connectivity index (χ1v) is 4.61. The van der Waals surface area contributed by atoms with Gasteiger partial charge >= 0.3 is 6.18 Å². The Hall–Kier alpha value is -1.14. The van der Waals surface area contributed by atoms with E-state index < -0.39 is 23.7 Å². The third-order valence-corrected chi connectivity index (χ3v) is 2.12. The van der Waals surface area contributed by atoms with Crippen LogP contribution in [-0.2, 0) is 6.18 Å². The van der Waals surface area contributed by atoms with Gasteiger partial charge in [-0.2, -0.15) is 13.2 Å². The molecule has 1 atom stereocenters. The molecule has 1 aromatic carbocycles. The summed E-state index contributed by atoms with van der Waals surface area (Å²) in [6.07, 6.45) is -5.59. The van der Waals surface area contributed by atoms with E-state index in [0.717, 1.165) is 6.07 Å². The Morgan fingerprint density at radius 2 is 1.94 bits per heavy atom. The number of nitrogens with two attached hydrogens (primary N) is 1. The maximum Gasteiger partial charge on any atom is 0.419 e. The van der Waals surface area contributed by atoms with Crippen LogP contribution in [0, 0.1) is 5.82 Å². The second-order valence-corrected chi connectivity index (χ2v) is 3.33. The molecule has 0 aliphatic rings. The fraction of sp³-hybridized carbons (Fsp3) is 0.400. The second-order valence-electron chi connectivity index (χ2n) is 3.33. The van der Waals surface area contributed by atoms with E-state index in [1.807, 2.05) is 0 Å². The number of hydrogen-bond acceptors (Lipinski definition) is 2. The van der Waals surface area contributed by atoms with Gasteiger partial charge in [0.05, 0.1) is 11.7 Å². The van der Waals surface area contributed by atoms with Crippen LogP contribution >= 0.6 is 0 Å². The predicted octanol–water partition coefficient (Wildman–Crippen LogP) is 2.23. The van der Waals surface area contributed by atoms with Crippen LogP contribution in [0.25, 0.3) is 0 Å². The summed E-state index contributed by atoms with van der Waals surface area (Å²) in [5.74, 6) is -1.39. The fourth-order valence-electron chi connectivity index (χ4n) is 1.29. The molecule has 0 aromatic heterocycles. The van der Waals surface area contributed by atoms with Gasteiger partial charge in [-0.3, -0.25) is 0 Å². The zero-order valence-electron chi connectivity index (χ0n) is 8.26. The van der Waals surface area contributed by atoms with Crippen molar-refractivity contribution in [1.82, 2.24) is 0 Å². The summed E-state index contributed by atoms with van der Waals surface area (Å²) >= 11 is 0. The SMILES string of the molecule is NCC[C@@H](O)c1ccc(C(F)(F)F)c(F)c1. The number of hydrogen-bond donors (Lipinski definition) is 2. The standard InChI is InChI=1S/C10H11F4NO/c11-8-5-6(9(16)3-4-15)1-2-7(8)10(12,13)14/h1-2,5,9,16H,3-4,15H2/t9-/m1/s1. The minimum absolute atomic E-state index is 0.0935. The summed E-state index contributed by atoms with van der Waals surface area (Å²) in [4.78, 5) is 0. The molecule has 0 amide bonds. The van der Waals surface area contributed by atoms with Gasteiger partial charge in [0.25, 0.3) is 0 Å². The number of benzene rings is 1. The first kappa shape index (κ1) is 12.9. The number of halogens is 4. The lowest BCUT2D eigenvalue weighted by molar-refractivity contribution is -0.140. The van der Waals surface area contributed by atoms with Crippen LogP contribution in [0.3, 0.4) is 0 Å². The molecule has 1 aromatic rings. The van der Waals surface area contributed by atoms with Gasteiger partial charge in [-0.05, 0) is 30.7 Å². The van der Waals surface area contributed by atoms with Crippen LogP contribution in [0.5, 0.6) is 0 Å². The summed E-state index contributed by atoms with van der Waals surface area (Å²) in [6, 6.07) is 2.35. The quantitative estimate of drug-likeness (QED) is 0.792. The van der Waals surface area contributed by atoms with Crippen LogP contribution in [-0.4, -0.2) is 11.7 Å². The van der Waals surface area contributed by atoms with Gasteiger partial charge in [-0.1, -0.05) is 6.07 Å². The van der Waals surface area contributed by atoms with E-state index in [-0.39, 0.29) is 18.5 Å². The molecule has 0 bridgehead atoms. The van der Waals surface area contributed by atoms with E-state index in [1.54, 1.807) is 0 Å². The van der Waals surface area contributed by atoms with E-state index in [2.05, 4.69) is 0 Å². The van der Waals surface area contributed by atoms with Crippen molar-refractivity contribution < 1.29 is 22.7 Å². The van der Waals surface area contributed by atoms with Crippen LogP contribution in [0.15, 0.2) is 18.2 Å². The molecule has 6 heteroatoms. The molecule has 2 nitrogen and oxygen atoms in total. The minimum atomic E-state index is -4.72. The molecule has 0 saturated heterocycles. The molecular formula is C10H11F4NO. The van der Waals surface area contributed by atoms with E-state index in [9.17, 15) is 22.7 Å². The van der Waals surface area contributed by atoms with Crippen LogP contribution in [0.2, 0.25) is 0 Å². The van der Waals surface area contributed by atoms with Gasteiger partial charge < -0.3 is 10.8 Å². The lowest BCUT2D eigenvalue weighted by Gasteiger charge is -2.12. The molecule has 0 saturated carbocycles. The summed E-state index contributed by atoms with van der Waals surface area (Å²) in [7, 11) is 0. The fourth-order valence-corrected chi connectivity index (χ4v) is 1.29. The van der Waals surface area contributed by atoms with Crippen molar-refractivity contribution in [3.05, 3.63) is 35.1 Å². The van der Waals surface area contributed by atoms with Crippen LogP contribution < -0.4 is 5.73 Å². The average Bonchev–Trinajstić information content (AvgIpc) is 2.16. The van der Waals surface area contributed by atoms with E-state index in [4.69, 9.17) is 5.73 Å². The highest BCUT2D eigenvalue weighted by atomic mass is 19.4. The topological polar surface area (TPSA) is 46.2 Å². The van der Waals surface area contributed by atoms with Crippen LogP contribution in [0.1, 0.15) is 23.7 Å². The van der Waals surface area contributed by atoms with E-state index in [0.29, 0.717) is 12.1 Å². The van der Waals surface area contributed by atoms with Gasteiger partial charge in [0.1, 0.15) is 5.82 Å². The molecule has 90 valence electrons. The number of aliphatic hydroxyl groups excluding tert-OH is 1. The van der Waals surface area contributed by atoms with Crippen molar-refractivity contribution in [3.63, 3.8) is 0 Å². The van der Waals surface area contributed by atoms with Crippen molar-refractivity contribution in [3.8, 4) is 0 Å². The lowest BCUT2D eigenvalue weighted by Crippen LogP contribution is -2.11. The van der Waals surface area contributed by atoms with Crippen molar-refractivity contribution in [2.45, 2.75) is 18.7 Å². The maximum absolute atomic E-state index is 13.1. The van der Waals surface area contributed by atoms with Crippen LogP contribution in [0.4, 0.5) is 17.6 Å². The highest BCUT2D eigenvalue weighted by Crippen LogP contribution is 2.32. The third-order valence-electron chi connectivity index (χ3n) is 2.12. The molecule has 0 aliphatic heterocycles.